The van der Waals surface area contributed by atoms with Gasteiger partial charge in [-0.05, 0) is 42.7 Å². The number of aryl methyl sites for hydroxylation is 2. The predicted octanol–water partition coefficient (Wildman–Crippen LogP) is 3.17. The van der Waals surface area contributed by atoms with E-state index in [-0.39, 0.29) is 5.84 Å². The van der Waals surface area contributed by atoms with E-state index < -0.39 is 0 Å². The summed E-state index contributed by atoms with van der Waals surface area (Å²) in [6, 6.07) is 13.6. The van der Waals surface area contributed by atoms with Gasteiger partial charge >= 0.3 is 0 Å². The molecule has 2 aromatic carbocycles. The lowest BCUT2D eigenvalue weighted by Crippen LogP contribution is -2.13. The molecule has 0 heterocycles. The highest BCUT2D eigenvalue weighted by atomic mass is 16.5. The molecule has 2 rings (SSSR count). The van der Waals surface area contributed by atoms with Gasteiger partial charge in [0.1, 0.15) is 18.2 Å². The first-order chi connectivity index (χ1) is 9.08. The van der Waals surface area contributed by atoms with Gasteiger partial charge in [0.05, 0.1) is 5.56 Å². The van der Waals surface area contributed by atoms with Crippen molar-refractivity contribution >= 4 is 5.84 Å². The zero-order valence-corrected chi connectivity index (χ0v) is 11.2. The summed E-state index contributed by atoms with van der Waals surface area (Å²) in [4.78, 5) is 0. The van der Waals surface area contributed by atoms with E-state index in [0.29, 0.717) is 17.9 Å². The molecule has 0 aliphatic heterocycles. The lowest BCUT2D eigenvalue weighted by atomic mass is 10.1. The summed E-state index contributed by atoms with van der Waals surface area (Å²) in [5, 5.41) is 7.52. The SMILES string of the molecule is Cc1ccc(COc2ccccc2C(=N)N)cc1C. The number of nitrogens with one attached hydrogen (secondary N) is 1. The third kappa shape index (κ3) is 3.13. The number of amidine groups is 1. The van der Waals surface area contributed by atoms with Crippen LogP contribution in [-0.2, 0) is 6.61 Å². The van der Waals surface area contributed by atoms with Crippen LogP contribution in [-0.4, -0.2) is 5.84 Å². The van der Waals surface area contributed by atoms with Crippen molar-refractivity contribution in [2.45, 2.75) is 20.5 Å². The molecular formula is C16H18N2O. The molecule has 0 saturated carbocycles. The van der Waals surface area contributed by atoms with Gasteiger partial charge < -0.3 is 10.5 Å². The van der Waals surface area contributed by atoms with E-state index in [1.807, 2.05) is 18.2 Å². The van der Waals surface area contributed by atoms with Crippen LogP contribution in [0.1, 0.15) is 22.3 Å². The third-order valence-corrected chi connectivity index (χ3v) is 3.14. The van der Waals surface area contributed by atoms with Crippen LogP contribution < -0.4 is 10.5 Å². The summed E-state index contributed by atoms with van der Waals surface area (Å²) in [7, 11) is 0. The fourth-order valence-corrected chi connectivity index (χ4v) is 1.87. The highest BCUT2D eigenvalue weighted by molar-refractivity contribution is 5.97. The number of hydrogen-bond donors (Lipinski definition) is 2. The average Bonchev–Trinajstić information content (AvgIpc) is 2.40. The van der Waals surface area contributed by atoms with Crippen LogP contribution in [0.4, 0.5) is 0 Å². The number of nitrogen functional groups attached to an aromatic ring is 1. The minimum absolute atomic E-state index is 0.0238. The molecule has 0 saturated heterocycles. The topological polar surface area (TPSA) is 59.1 Å². The standard InChI is InChI=1S/C16H18N2O/c1-11-7-8-13(9-12(11)2)10-19-15-6-4-3-5-14(15)16(17)18/h3-9H,10H2,1-2H3,(H3,17,18). The Balaban J connectivity index is 2.14. The van der Waals surface area contributed by atoms with Crippen LogP contribution in [0.15, 0.2) is 42.5 Å². The van der Waals surface area contributed by atoms with Gasteiger partial charge in [0.25, 0.3) is 0 Å². The van der Waals surface area contributed by atoms with Crippen molar-refractivity contribution < 1.29 is 4.74 Å². The van der Waals surface area contributed by atoms with Gasteiger partial charge in [-0.1, -0.05) is 30.3 Å². The zero-order valence-electron chi connectivity index (χ0n) is 11.2. The third-order valence-electron chi connectivity index (χ3n) is 3.14. The Morgan fingerprint density at radius 2 is 1.84 bits per heavy atom. The molecule has 2 aromatic rings. The Hall–Kier alpha value is -2.29. The Morgan fingerprint density at radius 3 is 2.53 bits per heavy atom. The molecule has 0 bridgehead atoms. The maximum atomic E-state index is 7.52. The van der Waals surface area contributed by atoms with Crippen LogP contribution in [0.5, 0.6) is 5.75 Å². The fraction of sp³-hybridized carbons (Fsp3) is 0.188. The normalized spacial score (nSPS) is 10.2. The van der Waals surface area contributed by atoms with Crippen molar-refractivity contribution in [1.29, 1.82) is 5.41 Å². The molecule has 0 aliphatic carbocycles. The summed E-state index contributed by atoms with van der Waals surface area (Å²) >= 11 is 0. The Kier molecular flexibility index (Phi) is 3.85. The van der Waals surface area contributed by atoms with E-state index >= 15 is 0 Å². The van der Waals surface area contributed by atoms with Gasteiger partial charge in [-0.25, -0.2) is 0 Å². The number of benzene rings is 2. The molecule has 3 N–H and O–H groups in total. The van der Waals surface area contributed by atoms with Crippen LogP contribution in [0, 0.1) is 19.3 Å². The zero-order chi connectivity index (χ0) is 13.8. The number of para-hydroxylation sites is 1. The highest BCUT2D eigenvalue weighted by Crippen LogP contribution is 2.19. The Bertz CT molecular complexity index is 605. The minimum Gasteiger partial charge on any atom is -0.488 e. The van der Waals surface area contributed by atoms with E-state index in [0.717, 1.165) is 5.56 Å². The summed E-state index contributed by atoms with van der Waals surface area (Å²) in [5.74, 6) is 0.670. The lowest BCUT2D eigenvalue weighted by Gasteiger charge is -2.11. The van der Waals surface area contributed by atoms with Gasteiger partial charge in [0.2, 0.25) is 0 Å². The largest absolute Gasteiger partial charge is 0.488 e. The van der Waals surface area contributed by atoms with Gasteiger partial charge in [-0.15, -0.1) is 0 Å². The van der Waals surface area contributed by atoms with Gasteiger partial charge in [0.15, 0.2) is 0 Å². The molecule has 0 aliphatic rings. The van der Waals surface area contributed by atoms with Crippen molar-refractivity contribution in [1.82, 2.24) is 0 Å². The molecule has 19 heavy (non-hydrogen) atoms. The summed E-state index contributed by atoms with van der Waals surface area (Å²) in [5.41, 5.74) is 9.80. The second-order valence-electron chi connectivity index (χ2n) is 4.62. The monoisotopic (exact) mass is 254 g/mol. The lowest BCUT2D eigenvalue weighted by molar-refractivity contribution is 0.305. The minimum atomic E-state index is 0.0238. The second-order valence-corrected chi connectivity index (χ2v) is 4.62. The molecule has 0 unspecified atom stereocenters. The average molecular weight is 254 g/mol. The molecule has 0 radical (unpaired) electrons. The van der Waals surface area contributed by atoms with Crippen molar-refractivity contribution in [2.75, 3.05) is 0 Å². The number of rotatable bonds is 4. The maximum Gasteiger partial charge on any atom is 0.130 e. The Morgan fingerprint density at radius 1 is 1.11 bits per heavy atom. The molecular weight excluding hydrogens is 236 g/mol. The van der Waals surface area contributed by atoms with Crippen LogP contribution >= 0.6 is 0 Å². The van der Waals surface area contributed by atoms with Crippen LogP contribution in [0.25, 0.3) is 0 Å². The van der Waals surface area contributed by atoms with Gasteiger partial charge in [-0.2, -0.15) is 0 Å². The fourth-order valence-electron chi connectivity index (χ4n) is 1.87. The van der Waals surface area contributed by atoms with Gasteiger partial charge in [0, 0.05) is 0 Å². The van der Waals surface area contributed by atoms with Gasteiger partial charge in [-0.3, -0.25) is 5.41 Å². The van der Waals surface area contributed by atoms with E-state index in [1.165, 1.54) is 11.1 Å². The molecule has 3 nitrogen and oxygen atoms in total. The molecule has 0 fully saturated rings. The number of ether oxygens (including phenoxy) is 1. The number of hydrogen-bond acceptors (Lipinski definition) is 2. The van der Waals surface area contributed by atoms with Crippen molar-refractivity contribution in [3.63, 3.8) is 0 Å². The first kappa shape index (κ1) is 13.1. The van der Waals surface area contributed by atoms with E-state index in [9.17, 15) is 0 Å². The van der Waals surface area contributed by atoms with Crippen LogP contribution in [0.2, 0.25) is 0 Å². The first-order valence-corrected chi connectivity index (χ1v) is 6.20. The quantitative estimate of drug-likeness (QED) is 0.650. The molecule has 0 atom stereocenters. The molecule has 98 valence electrons. The summed E-state index contributed by atoms with van der Waals surface area (Å²) in [6.45, 7) is 4.65. The molecule has 3 heteroatoms. The molecule has 0 aromatic heterocycles. The Labute approximate surface area is 113 Å². The highest BCUT2D eigenvalue weighted by Gasteiger charge is 2.06. The predicted molar refractivity (Wildman–Crippen MR) is 77.7 cm³/mol. The smallest absolute Gasteiger partial charge is 0.130 e. The summed E-state index contributed by atoms with van der Waals surface area (Å²) < 4.78 is 5.76. The second kappa shape index (κ2) is 5.57. The number of nitrogens with two attached hydrogens (primary N) is 1. The van der Waals surface area contributed by atoms with Crippen molar-refractivity contribution in [3.8, 4) is 5.75 Å². The van der Waals surface area contributed by atoms with E-state index in [2.05, 4.69) is 32.0 Å². The van der Waals surface area contributed by atoms with Crippen LogP contribution in [0.3, 0.4) is 0 Å². The molecule has 0 amide bonds. The first-order valence-electron chi connectivity index (χ1n) is 6.20. The van der Waals surface area contributed by atoms with E-state index in [1.54, 1.807) is 6.07 Å². The van der Waals surface area contributed by atoms with E-state index in [4.69, 9.17) is 15.9 Å². The summed E-state index contributed by atoms with van der Waals surface area (Å²) in [6.07, 6.45) is 0. The van der Waals surface area contributed by atoms with Crippen molar-refractivity contribution in [3.05, 3.63) is 64.7 Å². The van der Waals surface area contributed by atoms with Crippen molar-refractivity contribution in [2.24, 2.45) is 5.73 Å². The maximum absolute atomic E-state index is 7.52. The molecule has 0 spiro atoms.